The lowest BCUT2D eigenvalue weighted by Gasteiger charge is -2.17. The molecule has 0 heterocycles. The van der Waals surface area contributed by atoms with Crippen LogP contribution in [0.5, 0.6) is 0 Å². The summed E-state index contributed by atoms with van der Waals surface area (Å²) in [5, 5.41) is 9.44. The molecule has 0 fully saturated rings. The molecule has 2 aromatic rings. The van der Waals surface area contributed by atoms with Gasteiger partial charge in [0.25, 0.3) is 0 Å². The summed E-state index contributed by atoms with van der Waals surface area (Å²) in [5.74, 6) is 0. The molecule has 5 heteroatoms. The molecule has 0 spiro atoms. The fraction of sp³-hybridized carbons (Fsp3) is 0.250. The van der Waals surface area contributed by atoms with Crippen molar-refractivity contribution in [2.24, 2.45) is 0 Å². The first-order chi connectivity index (χ1) is 10.1. The molecule has 1 atom stereocenters. The molecular weight excluding hydrogens is 286 g/mol. The smallest absolute Gasteiger partial charge is 0.241 e. The number of aliphatic hydroxyl groups is 1. The number of aliphatic hydroxyl groups excluding tert-OH is 1. The first kappa shape index (κ1) is 15.7. The van der Waals surface area contributed by atoms with Gasteiger partial charge in [0.05, 0.1) is 17.5 Å². The van der Waals surface area contributed by atoms with Gasteiger partial charge in [-0.15, -0.1) is 0 Å². The van der Waals surface area contributed by atoms with Crippen molar-refractivity contribution in [3.63, 3.8) is 0 Å². The molecular formula is C16H19NO3S. The molecule has 0 saturated heterocycles. The van der Waals surface area contributed by atoms with E-state index >= 15 is 0 Å². The maximum Gasteiger partial charge on any atom is 0.241 e. The minimum absolute atomic E-state index is 0.203. The molecule has 0 radical (unpaired) electrons. The molecule has 1 unspecified atom stereocenters. The third-order valence-corrected chi connectivity index (χ3v) is 4.81. The molecule has 4 nitrogen and oxygen atoms in total. The Morgan fingerprint density at radius 3 is 2.19 bits per heavy atom. The summed E-state index contributed by atoms with van der Waals surface area (Å²) in [6, 6.07) is 15.1. The van der Waals surface area contributed by atoms with Crippen molar-refractivity contribution in [3.05, 3.63) is 65.7 Å². The van der Waals surface area contributed by atoms with E-state index in [1.165, 1.54) is 0 Å². The van der Waals surface area contributed by atoms with Crippen LogP contribution in [-0.4, -0.2) is 20.1 Å². The van der Waals surface area contributed by atoms with E-state index in [9.17, 15) is 13.5 Å². The van der Waals surface area contributed by atoms with Gasteiger partial charge in [-0.05, 0) is 29.7 Å². The average molecular weight is 305 g/mol. The van der Waals surface area contributed by atoms with E-state index in [2.05, 4.69) is 4.72 Å². The Morgan fingerprint density at radius 1 is 1.05 bits per heavy atom. The van der Waals surface area contributed by atoms with E-state index in [4.69, 9.17) is 0 Å². The van der Waals surface area contributed by atoms with Gasteiger partial charge in [0, 0.05) is 0 Å². The Kier molecular flexibility index (Phi) is 5.12. The number of aryl methyl sites for hydroxylation is 1. The van der Waals surface area contributed by atoms with E-state index in [1.807, 2.05) is 25.1 Å². The fourth-order valence-electron chi connectivity index (χ4n) is 2.06. The highest BCUT2D eigenvalue weighted by atomic mass is 32.2. The van der Waals surface area contributed by atoms with Gasteiger partial charge in [-0.3, -0.25) is 0 Å². The van der Waals surface area contributed by atoms with Crippen LogP contribution >= 0.6 is 0 Å². The van der Waals surface area contributed by atoms with Crippen LogP contribution in [0.4, 0.5) is 0 Å². The van der Waals surface area contributed by atoms with Gasteiger partial charge in [0.1, 0.15) is 0 Å². The number of rotatable bonds is 6. The lowest BCUT2D eigenvalue weighted by atomic mass is 10.1. The number of hydrogen-bond donors (Lipinski definition) is 2. The number of hydrogen-bond acceptors (Lipinski definition) is 3. The molecule has 21 heavy (non-hydrogen) atoms. The lowest BCUT2D eigenvalue weighted by molar-refractivity contribution is 0.259. The molecule has 0 amide bonds. The van der Waals surface area contributed by atoms with E-state index in [-0.39, 0.29) is 11.5 Å². The first-order valence-electron chi connectivity index (χ1n) is 6.84. The van der Waals surface area contributed by atoms with Crippen molar-refractivity contribution in [2.45, 2.75) is 24.3 Å². The van der Waals surface area contributed by atoms with Gasteiger partial charge in [-0.2, -0.15) is 0 Å². The molecule has 2 N–H and O–H groups in total. The van der Waals surface area contributed by atoms with Crippen LogP contribution < -0.4 is 4.72 Å². The van der Waals surface area contributed by atoms with Crippen molar-refractivity contribution >= 4 is 10.0 Å². The predicted molar refractivity (Wildman–Crippen MR) is 82.4 cm³/mol. The van der Waals surface area contributed by atoms with Crippen molar-refractivity contribution in [1.29, 1.82) is 0 Å². The summed E-state index contributed by atoms with van der Waals surface area (Å²) in [4.78, 5) is 0.203. The molecule has 0 aromatic heterocycles. The molecule has 0 saturated carbocycles. The normalized spacial score (nSPS) is 13.0. The van der Waals surface area contributed by atoms with Gasteiger partial charge in [-0.1, -0.05) is 49.4 Å². The summed E-state index contributed by atoms with van der Waals surface area (Å²) in [7, 11) is -3.65. The highest BCUT2D eigenvalue weighted by Gasteiger charge is 2.20. The zero-order valence-corrected chi connectivity index (χ0v) is 12.7. The molecule has 0 aliphatic heterocycles. The number of sulfonamides is 1. The number of nitrogens with one attached hydrogen (secondary N) is 1. The third kappa shape index (κ3) is 3.91. The molecule has 0 bridgehead atoms. The SMILES string of the molecule is CCc1ccc(S(=O)(=O)NC(CO)c2ccccc2)cc1. The Labute approximate surface area is 125 Å². The highest BCUT2D eigenvalue weighted by Crippen LogP contribution is 2.17. The summed E-state index contributed by atoms with van der Waals surface area (Å²) >= 11 is 0. The maximum absolute atomic E-state index is 12.4. The second-order valence-corrected chi connectivity index (χ2v) is 6.48. The molecule has 0 aliphatic rings. The Bertz CT molecular complexity index is 666. The molecule has 2 rings (SSSR count). The minimum atomic E-state index is -3.65. The van der Waals surface area contributed by atoms with Gasteiger partial charge < -0.3 is 5.11 Å². The highest BCUT2D eigenvalue weighted by molar-refractivity contribution is 7.89. The van der Waals surface area contributed by atoms with Crippen LogP contribution in [0, 0.1) is 0 Å². The second kappa shape index (κ2) is 6.85. The van der Waals surface area contributed by atoms with Gasteiger partial charge >= 0.3 is 0 Å². The van der Waals surface area contributed by atoms with Crippen LogP contribution in [0.2, 0.25) is 0 Å². The van der Waals surface area contributed by atoms with Crippen molar-refractivity contribution in [1.82, 2.24) is 4.72 Å². The van der Waals surface area contributed by atoms with Gasteiger partial charge in [-0.25, -0.2) is 13.1 Å². The standard InChI is InChI=1S/C16H19NO3S/c1-2-13-8-10-15(11-9-13)21(19,20)17-16(12-18)14-6-4-3-5-7-14/h3-11,16-18H,2,12H2,1H3. The lowest BCUT2D eigenvalue weighted by Crippen LogP contribution is -2.30. The summed E-state index contributed by atoms with van der Waals surface area (Å²) < 4.78 is 27.2. The van der Waals surface area contributed by atoms with E-state index in [0.717, 1.165) is 17.5 Å². The minimum Gasteiger partial charge on any atom is -0.394 e. The Hall–Kier alpha value is -1.69. The van der Waals surface area contributed by atoms with Crippen LogP contribution in [0.1, 0.15) is 24.1 Å². The van der Waals surface area contributed by atoms with E-state index < -0.39 is 16.1 Å². The van der Waals surface area contributed by atoms with E-state index in [1.54, 1.807) is 36.4 Å². The maximum atomic E-state index is 12.4. The van der Waals surface area contributed by atoms with Crippen LogP contribution in [0.15, 0.2) is 59.5 Å². The second-order valence-electron chi connectivity index (χ2n) is 4.76. The topological polar surface area (TPSA) is 66.4 Å². The summed E-state index contributed by atoms with van der Waals surface area (Å²) in [6.45, 7) is 1.72. The fourth-order valence-corrected chi connectivity index (χ4v) is 3.27. The Morgan fingerprint density at radius 2 is 1.67 bits per heavy atom. The molecule has 0 aliphatic carbocycles. The van der Waals surface area contributed by atoms with E-state index in [0.29, 0.717) is 0 Å². The predicted octanol–water partition coefficient (Wildman–Crippen LogP) is 2.26. The summed E-state index contributed by atoms with van der Waals surface area (Å²) in [6.07, 6.45) is 0.858. The quantitative estimate of drug-likeness (QED) is 0.860. The largest absolute Gasteiger partial charge is 0.394 e. The Balaban J connectivity index is 2.22. The zero-order valence-electron chi connectivity index (χ0n) is 11.9. The van der Waals surface area contributed by atoms with Crippen LogP contribution in [0.25, 0.3) is 0 Å². The van der Waals surface area contributed by atoms with Crippen LogP contribution in [0.3, 0.4) is 0 Å². The molecule has 112 valence electrons. The van der Waals surface area contributed by atoms with Gasteiger partial charge in [0.2, 0.25) is 10.0 Å². The van der Waals surface area contributed by atoms with Crippen molar-refractivity contribution < 1.29 is 13.5 Å². The number of benzene rings is 2. The monoisotopic (exact) mass is 305 g/mol. The molecule has 2 aromatic carbocycles. The first-order valence-corrected chi connectivity index (χ1v) is 8.32. The summed E-state index contributed by atoms with van der Waals surface area (Å²) in [5.41, 5.74) is 1.81. The average Bonchev–Trinajstić information content (AvgIpc) is 2.53. The van der Waals surface area contributed by atoms with Crippen molar-refractivity contribution in [3.8, 4) is 0 Å². The third-order valence-electron chi connectivity index (χ3n) is 3.32. The van der Waals surface area contributed by atoms with Gasteiger partial charge in [0.15, 0.2) is 0 Å². The van der Waals surface area contributed by atoms with Crippen molar-refractivity contribution in [2.75, 3.05) is 6.61 Å². The zero-order chi connectivity index (χ0) is 15.3. The van der Waals surface area contributed by atoms with Crippen LogP contribution in [-0.2, 0) is 16.4 Å².